The van der Waals surface area contributed by atoms with Crippen LogP contribution in [0.15, 0.2) is 53.6 Å². The first-order valence-electron chi connectivity index (χ1n) is 9.79. The third kappa shape index (κ3) is 3.90. The van der Waals surface area contributed by atoms with Crippen LogP contribution in [-0.4, -0.2) is 55.9 Å². The van der Waals surface area contributed by atoms with Crippen molar-refractivity contribution < 1.29 is 17.5 Å². The Hall–Kier alpha value is -2.55. The van der Waals surface area contributed by atoms with Crippen LogP contribution >= 0.6 is 0 Å². The molecule has 1 aliphatic heterocycles. The minimum atomic E-state index is -3.63. The first-order valence-corrected chi connectivity index (χ1v) is 11.2. The quantitative estimate of drug-likeness (QED) is 0.623. The lowest BCUT2D eigenvalue weighted by Crippen LogP contribution is -2.48. The van der Waals surface area contributed by atoms with Crippen LogP contribution < -0.4 is 4.74 Å². The number of benzene rings is 2. The molecule has 0 atom stereocenters. The van der Waals surface area contributed by atoms with Crippen molar-refractivity contribution in [3.8, 4) is 5.75 Å². The Kier molecular flexibility index (Phi) is 5.73. The molecule has 1 fully saturated rings. The lowest BCUT2D eigenvalue weighted by molar-refractivity contribution is 0.181. The lowest BCUT2D eigenvalue weighted by atomic mass is 10.1. The van der Waals surface area contributed by atoms with Crippen LogP contribution in [0.4, 0.5) is 4.39 Å². The fourth-order valence-corrected chi connectivity index (χ4v) is 5.45. The molecule has 6 nitrogen and oxygen atoms in total. The topological polar surface area (TPSA) is 62.7 Å². The van der Waals surface area contributed by atoms with Gasteiger partial charge in [0, 0.05) is 44.3 Å². The van der Waals surface area contributed by atoms with Gasteiger partial charge in [-0.2, -0.15) is 4.31 Å². The third-order valence-corrected chi connectivity index (χ3v) is 7.46. The van der Waals surface area contributed by atoms with Gasteiger partial charge in [0.05, 0.1) is 17.5 Å². The van der Waals surface area contributed by atoms with Crippen LogP contribution in [0.1, 0.15) is 11.1 Å². The van der Waals surface area contributed by atoms with Gasteiger partial charge < -0.3 is 4.74 Å². The number of aryl methyl sites for hydroxylation is 1. The van der Waals surface area contributed by atoms with Crippen molar-refractivity contribution in [2.75, 3.05) is 33.3 Å². The predicted octanol–water partition coefficient (Wildman–Crippen LogP) is 3.20. The molecule has 158 valence electrons. The molecule has 0 saturated carbocycles. The molecule has 30 heavy (non-hydrogen) atoms. The Morgan fingerprint density at radius 3 is 2.57 bits per heavy atom. The fourth-order valence-electron chi connectivity index (χ4n) is 3.85. The predicted molar refractivity (Wildman–Crippen MR) is 113 cm³/mol. The molecule has 0 radical (unpaired) electrons. The minimum Gasteiger partial charge on any atom is -0.494 e. The van der Waals surface area contributed by atoms with Gasteiger partial charge in [-0.3, -0.25) is 9.88 Å². The molecule has 1 aromatic heterocycles. The van der Waals surface area contributed by atoms with Crippen molar-refractivity contribution in [3.63, 3.8) is 0 Å². The number of hydrogen-bond donors (Lipinski definition) is 0. The van der Waals surface area contributed by atoms with Crippen molar-refractivity contribution in [3.05, 3.63) is 65.6 Å². The maximum atomic E-state index is 13.9. The molecule has 3 aromatic rings. The molecule has 0 bridgehead atoms. The SMILES string of the molecule is COc1ccc(CN2CCN(S(=O)(=O)c3ccc(C)c4ncccc34)CC2)cc1F. The van der Waals surface area contributed by atoms with E-state index in [9.17, 15) is 12.8 Å². The summed E-state index contributed by atoms with van der Waals surface area (Å²) >= 11 is 0. The van der Waals surface area contributed by atoms with Crippen molar-refractivity contribution in [2.45, 2.75) is 18.4 Å². The Labute approximate surface area is 175 Å². The van der Waals surface area contributed by atoms with Crippen molar-refractivity contribution in [1.29, 1.82) is 0 Å². The number of pyridine rings is 1. The monoisotopic (exact) mass is 429 g/mol. The zero-order valence-electron chi connectivity index (χ0n) is 17.0. The number of ether oxygens (including phenoxy) is 1. The van der Waals surface area contributed by atoms with E-state index < -0.39 is 15.8 Å². The Bertz CT molecular complexity index is 1180. The highest BCUT2D eigenvalue weighted by Crippen LogP contribution is 2.28. The summed E-state index contributed by atoms with van der Waals surface area (Å²) in [5, 5.41) is 0.647. The summed E-state index contributed by atoms with van der Waals surface area (Å²) in [6, 6.07) is 11.9. The number of methoxy groups -OCH3 is 1. The average molecular weight is 430 g/mol. The van der Waals surface area contributed by atoms with E-state index in [2.05, 4.69) is 9.88 Å². The highest BCUT2D eigenvalue weighted by atomic mass is 32.2. The smallest absolute Gasteiger partial charge is 0.243 e. The average Bonchev–Trinajstić information content (AvgIpc) is 2.74. The second-order valence-electron chi connectivity index (χ2n) is 7.43. The van der Waals surface area contributed by atoms with Crippen LogP contribution in [0.5, 0.6) is 5.75 Å². The second-order valence-corrected chi connectivity index (χ2v) is 9.34. The van der Waals surface area contributed by atoms with Gasteiger partial charge >= 0.3 is 0 Å². The Morgan fingerprint density at radius 1 is 1.10 bits per heavy atom. The van der Waals surface area contributed by atoms with E-state index in [4.69, 9.17) is 4.74 Å². The first-order chi connectivity index (χ1) is 14.4. The summed E-state index contributed by atoms with van der Waals surface area (Å²) in [7, 11) is -2.19. The number of halogens is 1. The molecule has 0 spiro atoms. The summed E-state index contributed by atoms with van der Waals surface area (Å²) in [6.45, 7) is 4.41. The van der Waals surface area contributed by atoms with Crippen LogP contribution in [0.3, 0.4) is 0 Å². The molecule has 8 heteroatoms. The van der Waals surface area contributed by atoms with Gasteiger partial charge in [0.15, 0.2) is 11.6 Å². The zero-order valence-corrected chi connectivity index (χ0v) is 17.8. The number of nitrogens with zero attached hydrogens (tertiary/aromatic N) is 3. The number of aromatic nitrogens is 1. The molecule has 4 rings (SSSR count). The number of rotatable bonds is 5. The fraction of sp³-hybridized carbons (Fsp3) is 0.318. The van der Waals surface area contributed by atoms with Crippen LogP contribution in [0.25, 0.3) is 10.9 Å². The van der Waals surface area contributed by atoms with Crippen molar-refractivity contribution in [1.82, 2.24) is 14.2 Å². The van der Waals surface area contributed by atoms with Gasteiger partial charge in [-0.15, -0.1) is 0 Å². The third-order valence-electron chi connectivity index (χ3n) is 5.50. The second kappa shape index (κ2) is 8.29. The Balaban J connectivity index is 1.49. The number of hydrogen-bond acceptors (Lipinski definition) is 5. The summed E-state index contributed by atoms with van der Waals surface area (Å²) in [4.78, 5) is 6.77. The van der Waals surface area contributed by atoms with E-state index in [-0.39, 0.29) is 5.75 Å². The highest BCUT2D eigenvalue weighted by Gasteiger charge is 2.30. The van der Waals surface area contributed by atoms with E-state index in [1.54, 1.807) is 36.5 Å². The number of sulfonamides is 1. The molecule has 2 aromatic carbocycles. The van der Waals surface area contributed by atoms with Gasteiger partial charge in [0.25, 0.3) is 0 Å². The lowest BCUT2D eigenvalue weighted by Gasteiger charge is -2.34. The molecular weight excluding hydrogens is 405 g/mol. The van der Waals surface area contributed by atoms with Crippen LogP contribution in [-0.2, 0) is 16.6 Å². The van der Waals surface area contributed by atoms with Crippen molar-refractivity contribution in [2.24, 2.45) is 0 Å². The van der Waals surface area contributed by atoms with Crippen molar-refractivity contribution >= 4 is 20.9 Å². The zero-order chi connectivity index (χ0) is 21.3. The maximum Gasteiger partial charge on any atom is 0.243 e. The van der Waals surface area contributed by atoms with Gasteiger partial charge in [-0.05, 0) is 48.4 Å². The molecule has 0 aliphatic carbocycles. The molecule has 1 saturated heterocycles. The summed E-state index contributed by atoms with van der Waals surface area (Å²) < 4.78 is 47.0. The van der Waals surface area contributed by atoms with E-state index >= 15 is 0 Å². The molecule has 0 unspecified atom stereocenters. The van der Waals surface area contributed by atoms with E-state index in [0.717, 1.165) is 11.1 Å². The summed E-state index contributed by atoms with van der Waals surface area (Å²) in [5.74, 6) is -0.175. The summed E-state index contributed by atoms with van der Waals surface area (Å²) in [5.41, 5.74) is 2.49. The minimum absolute atomic E-state index is 0.217. The maximum absolute atomic E-state index is 13.9. The van der Waals surface area contributed by atoms with Crippen LogP contribution in [0.2, 0.25) is 0 Å². The standard InChI is InChI=1S/C22H24FN3O3S/c1-16-5-8-21(18-4-3-9-24-22(16)18)30(27,28)26-12-10-25(11-13-26)15-17-6-7-20(29-2)19(23)14-17/h3-9,14H,10-13,15H2,1-2H3. The molecule has 2 heterocycles. The Morgan fingerprint density at radius 2 is 1.87 bits per heavy atom. The largest absolute Gasteiger partial charge is 0.494 e. The number of fused-ring (bicyclic) bond motifs is 1. The molecule has 0 amide bonds. The van der Waals surface area contributed by atoms with Gasteiger partial charge in [0.2, 0.25) is 10.0 Å². The molecule has 1 aliphatic rings. The van der Waals surface area contributed by atoms with E-state index in [0.29, 0.717) is 48.5 Å². The van der Waals surface area contributed by atoms with Crippen LogP contribution in [0, 0.1) is 12.7 Å². The molecular formula is C22H24FN3O3S. The highest BCUT2D eigenvalue weighted by molar-refractivity contribution is 7.89. The number of piperazine rings is 1. The normalized spacial score (nSPS) is 16.1. The first kappa shape index (κ1) is 20.7. The van der Waals surface area contributed by atoms with Gasteiger partial charge in [0.1, 0.15) is 0 Å². The van der Waals surface area contributed by atoms with E-state index in [1.165, 1.54) is 17.5 Å². The van der Waals surface area contributed by atoms with Gasteiger partial charge in [-0.1, -0.05) is 12.1 Å². The van der Waals surface area contributed by atoms with Gasteiger partial charge in [-0.25, -0.2) is 12.8 Å². The molecule has 0 N–H and O–H groups in total. The van der Waals surface area contributed by atoms with E-state index in [1.807, 2.05) is 13.0 Å². The summed E-state index contributed by atoms with van der Waals surface area (Å²) in [6.07, 6.45) is 1.67.